The van der Waals surface area contributed by atoms with E-state index >= 15 is 0 Å². The topological polar surface area (TPSA) is 163 Å². The van der Waals surface area contributed by atoms with E-state index in [4.69, 9.17) is 22.5 Å². The minimum atomic E-state index is -0.661. The van der Waals surface area contributed by atoms with Gasteiger partial charge in [0.05, 0.1) is 23.1 Å². The third-order valence-corrected chi connectivity index (χ3v) is 9.10. The van der Waals surface area contributed by atoms with E-state index in [1.165, 1.54) is 72.6 Å². The molecule has 0 aliphatic carbocycles. The summed E-state index contributed by atoms with van der Waals surface area (Å²) in [6.07, 6.45) is 9.06. The Kier molecular flexibility index (Phi) is 11.1. The number of nitrogens with zero attached hydrogens (tertiary/aromatic N) is 7. The highest BCUT2D eigenvalue weighted by Gasteiger charge is 2.23. The van der Waals surface area contributed by atoms with Gasteiger partial charge in [-0.25, -0.2) is 14.4 Å². The van der Waals surface area contributed by atoms with E-state index in [1.54, 1.807) is 57.0 Å². The molecule has 3 heterocycles. The first kappa shape index (κ1) is 34.7. The van der Waals surface area contributed by atoms with Crippen molar-refractivity contribution in [3.05, 3.63) is 84.7 Å². The molecule has 4 rings (SSSR count). The molecule has 4 amide bonds. The quantitative estimate of drug-likeness (QED) is 0.0544. The maximum absolute atomic E-state index is 13.2. The predicted molar refractivity (Wildman–Crippen MR) is 184 cm³/mol. The molecular formula is C31H36ClN9O5S. The molecule has 47 heavy (non-hydrogen) atoms. The minimum absolute atomic E-state index is 0.123. The number of benzene rings is 1. The monoisotopic (exact) mass is 681 g/mol. The maximum Gasteiger partial charge on any atom is 0.332 e. The lowest BCUT2D eigenvalue weighted by molar-refractivity contribution is 0.102. The van der Waals surface area contributed by atoms with Crippen molar-refractivity contribution in [3.63, 3.8) is 0 Å². The first-order valence-corrected chi connectivity index (χ1v) is 15.8. The lowest BCUT2D eigenvalue weighted by atomic mass is 10.1. The van der Waals surface area contributed by atoms with Crippen molar-refractivity contribution >= 4 is 70.3 Å². The second kappa shape index (κ2) is 15.0. The molecule has 14 nitrogen and oxygen atoms in total. The van der Waals surface area contributed by atoms with Crippen LogP contribution in [0.1, 0.15) is 22.8 Å². The minimum Gasteiger partial charge on any atom is -0.409 e. The molecule has 4 N–H and O–H groups in total. The van der Waals surface area contributed by atoms with Crippen molar-refractivity contribution in [2.24, 2.45) is 10.9 Å². The number of aromatic nitrogens is 3. The number of amides is 4. The van der Waals surface area contributed by atoms with Crippen LogP contribution in [0.3, 0.4) is 0 Å². The number of alkyl halides is 1. The van der Waals surface area contributed by atoms with Crippen LogP contribution in [0.25, 0.3) is 0 Å². The van der Waals surface area contributed by atoms with Gasteiger partial charge in [0, 0.05) is 80.4 Å². The molecule has 1 unspecified atom stereocenters. The largest absolute Gasteiger partial charge is 0.409 e. The molecule has 3 aromatic heterocycles. The molecule has 0 radical (unpaired) electrons. The SMILES string of the molecule is Cc1cc(C(=O)Nc2ccn(C(=O)N(C)c3ccn(C(=O)N(C)c4ccn(C(=O)N(C)C(C)C(N)=NO)c4)c3)c2)ccc1SCCCl. The van der Waals surface area contributed by atoms with Crippen LogP contribution in [0.5, 0.6) is 0 Å². The Labute approximate surface area is 280 Å². The van der Waals surface area contributed by atoms with E-state index in [0.29, 0.717) is 28.5 Å². The predicted octanol–water partition coefficient (Wildman–Crippen LogP) is 5.23. The molecule has 0 saturated heterocycles. The average Bonchev–Trinajstić information content (AvgIpc) is 3.86. The van der Waals surface area contributed by atoms with Crippen molar-refractivity contribution in [1.82, 2.24) is 18.6 Å². The number of oxime groups is 1. The zero-order valence-corrected chi connectivity index (χ0v) is 28.1. The summed E-state index contributed by atoms with van der Waals surface area (Å²) in [5.74, 6) is 0.890. The lowest BCUT2D eigenvalue weighted by Gasteiger charge is -2.23. The standard InChI is InChI=1S/C31H36ClN9O5S/c1-20-16-22(6-7-26(20)47-15-11-32)28(42)34-23-8-12-39(17-23)30(44)37(4)25-10-14-41(19-25)31(45)38(5)24-9-13-40(18-24)29(43)36(3)21(2)27(33)35-46/h6-10,12-14,16-19,21,46H,11,15H2,1-5H3,(H2,33,35)(H,34,42). The highest BCUT2D eigenvalue weighted by molar-refractivity contribution is 7.99. The highest BCUT2D eigenvalue weighted by atomic mass is 35.5. The van der Waals surface area contributed by atoms with Gasteiger partial charge in [-0.05, 0) is 55.8 Å². The first-order valence-electron chi connectivity index (χ1n) is 14.3. The summed E-state index contributed by atoms with van der Waals surface area (Å²) in [6.45, 7) is 3.55. The fourth-order valence-corrected chi connectivity index (χ4v) is 5.48. The van der Waals surface area contributed by atoms with Crippen molar-refractivity contribution in [2.75, 3.05) is 47.9 Å². The van der Waals surface area contributed by atoms with Crippen LogP contribution in [0, 0.1) is 6.92 Å². The number of rotatable bonds is 9. The van der Waals surface area contributed by atoms with E-state index in [2.05, 4.69) is 10.5 Å². The number of aryl methyl sites for hydroxylation is 1. The fraction of sp³-hybridized carbons (Fsp3) is 0.258. The zero-order chi connectivity index (χ0) is 34.4. The number of thioether (sulfide) groups is 1. The number of likely N-dealkylation sites (N-methyl/N-ethyl adjacent to an activating group) is 1. The van der Waals surface area contributed by atoms with E-state index < -0.39 is 24.1 Å². The normalized spacial score (nSPS) is 12.0. The Balaban J connectivity index is 1.38. The number of carbonyl (C=O) groups is 4. The Hall–Kier alpha value is -5.15. The van der Waals surface area contributed by atoms with Gasteiger partial charge < -0.3 is 21.2 Å². The van der Waals surface area contributed by atoms with E-state index in [-0.39, 0.29) is 11.7 Å². The van der Waals surface area contributed by atoms with Gasteiger partial charge in [0.2, 0.25) is 0 Å². The van der Waals surface area contributed by atoms with Crippen molar-refractivity contribution in [3.8, 4) is 0 Å². The number of anilines is 3. The molecule has 0 bridgehead atoms. The van der Waals surface area contributed by atoms with Gasteiger partial charge in [-0.1, -0.05) is 5.16 Å². The van der Waals surface area contributed by atoms with Gasteiger partial charge in [-0.3, -0.25) is 28.3 Å². The Morgan fingerprint density at radius 3 is 2.02 bits per heavy atom. The van der Waals surface area contributed by atoms with Gasteiger partial charge in [0.25, 0.3) is 5.91 Å². The number of nitrogens with two attached hydrogens (primary N) is 1. The van der Waals surface area contributed by atoms with Crippen LogP contribution in [0.4, 0.5) is 31.4 Å². The van der Waals surface area contributed by atoms with Crippen molar-refractivity contribution < 1.29 is 24.4 Å². The second-order valence-electron chi connectivity index (χ2n) is 10.6. The van der Waals surface area contributed by atoms with Gasteiger partial charge >= 0.3 is 18.1 Å². The number of carbonyl (C=O) groups excluding carboxylic acids is 4. The van der Waals surface area contributed by atoms with Crippen LogP contribution >= 0.6 is 23.4 Å². The van der Waals surface area contributed by atoms with Crippen molar-refractivity contribution in [2.45, 2.75) is 24.8 Å². The van der Waals surface area contributed by atoms with Gasteiger partial charge in [-0.2, -0.15) is 0 Å². The molecule has 0 saturated carbocycles. The molecule has 0 aliphatic rings. The summed E-state index contributed by atoms with van der Waals surface area (Å²) in [7, 11) is 4.63. The Bertz CT molecular complexity index is 1810. The molecule has 1 atom stereocenters. The van der Waals surface area contributed by atoms with Crippen LogP contribution in [-0.2, 0) is 0 Å². The lowest BCUT2D eigenvalue weighted by Crippen LogP contribution is -2.45. The molecule has 248 valence electrons. The summed E-state index contributed by atoms with van der Waals surface area (Å²) in [5, 5.41) is 14.7. The van der Waals surface area contributed by atoms with E-state index in [1.807, 2.05) is 19.1 Å². The van der Waals surface area contributed by atoms with Crippen LogP contribution in [0.15, 0.2) is 83.6 Å². The smallest absolute Gasteiger partial charge is 0.332 e. The van der Waals surface area contributed by atoms with Gasteiger partial charge in [0.1, 0.15) is 0 Å². The third kappa shape index (κ3) is 7.81. The summed E-state index contributed by atoms with van der Waals surface area (Å²) in [6, 6.07) is 8.32. The maximum atomic E-state index is 13.2. The number of hydrogen-bond acceptors (Lipinski definition) is 7. The number of hydrogen-bond donors (Lipinski definition) is 3. The van der Waals surface area contributed by atoms with Crippen LogP contribution < -0.4 is 20.9 Å². The molecule has 0 aliphatic heterocycles. The summed E-state index contributed by atoms with van der Waals surface area (Å²) >= 11 is 7.41. The molecule has 0 fully saturated rings. The number of halogens is 1. The molecular weight excluding hydrogens is 646 g/mol. The fourth-order valence-electron chi connectivity index (χ4n) is 4.50. The van der Waals surface area contributed by atoms with Gasteiger partial charge in [-0.15, -0.1) is 23.4 Å². The first-order chi connectivity index (χ1) is 22.4. The van der Waals surface area contributed by atoms with E-state index in [0.717, 1.165) is 16.2 Å². The Morgan fingerprint density at radius 2 is 1.47 bits per heavy atom. The molecule has 4 aromatic rings. The van der Waals surface area contributed by atoms with Crippen LogP contribution in [-0.4, -0.2) is 92.5 Å². The van der Waals surface area contributed by atoms with Crippen LogP contribution in [0.2, 0.25) is 0 Å². The highest BCUT2D eigenvalue weighted by Crippen LogP contribution is 2.24. The van der Waals surface area contributed by atoms with Gasteiger partial charge in [0.15, 0.2) is 5.84 Å². The summed E-state index contributed by atoms with van der Waals surface area (Å²) in [5.41, 5.74) is 8.42. The van der Waals surface area contributed by atoms with E-state index in [9.17, 15) is 19.2 Å². The average molecular weight is 682 g/mol. The summed E-state index contributed by atoms with van der Waals surface area (Å²) < 4.78 is 3.92. The zero-order valence-electron chi connectivity index (χ0n) is 26.5. The number of nitrogens with one attached hydrogen (secondary N) is 1. The molecule has 1 aromatic carbocycles. The van der Waals surface area contributed by atoms with Crippen molar-refractivity contribution in [1.29, 1.82) is 0 Å². The third-order valence-electron chi connectivity index (χ3n) is 7.51. The number of amidine groups is 1. The molecule has 0 spiro atoms. The second-order valence-corrected chi connectivity index (χ2v) is 12.1. The summed E-state index contributed by atoms with van der Waals surface area (Å²) in [4.78, 5) is 57.2. The molecule has 16 heteroatoms. The Morgan fingerprint density at radius 1 is 0.915 bits per heavy atom.